The van der Waals surface area contributed by atoms with E-state index in [0.29, 0.717) is 12.6 Å². The van der Waals surface area contributed by atoms with Crippen LogP contribution >= 0.6 is 0 Å². The molecule has 98 valence electrons. The van der Waals surface area contributed by atoms with Crippen LogP contribution in [0.2, 0.25) is 0 Å². The summed E-state index contributed by atoms with van der Waals surface area (Å²) in [7, 11) is 2.01. The molecule has 3 heteroatoms. The molecule has 0 saturated carbocycles. The van der Waals surface area contributed by atoms with E-state index in [1.165, 1.54) is 18.4 Å². The maximum absolute atomic E-state index is 8.69. The highest BCUT2D eigenvalue weighted by atomic mass is 16.2. The summed E-state index contributed by atoms with van der Waals surface area (Å²) in [6, 6.07) is 2.68. The molecular formula is C14H26N2O. The van der Waals surface area contributed by atoms with Crippen LogP contribution in [-0.2, 0) is 6.54 Å². The Labute approximate surface area is 105 Å². The molecule has 3 nitrogen and oxygen atoms in total. The van der Waals surface area contributed by atoms with Crippen molar-refractivity contribution in [3.8, 4) is 0 Å². The van der Waals surface area contributed by atoms with Gasteiger partial charge in [0.25, 0.3) is 0 Å². The van der Waals surface area contributed by atoms with Gasteiger partial charge in [-0.1, -0.05) is 19.8 Å². The third-order valence-corrected chi connectivity index (χ3v) is 3.26. The van der Waals surface area contributed by atoms with Crippen molar-refractivity contribution in [1.82, 2.24) is 9.88 Å². The normalized spacial score (nSPS) is 12.9. The van der Waals surface area contributed by atoms with Crippen molar-refractivity contribution in [2.24, 2.45) is 0 Å². The number of hydrogen-bond donors (Lipinski definition) is 2. The summed E-state index contributed by atoms with van der Waals surface area (Å²) in [4.78, 5) is 0. The van der Waals surface area contributed by atoms with Crippen LogP contribution in [0, 0.1) is 0 Å². The molecule has 1 aromatic rings. The number of aliphatic hydroxyl groups excluding tert-OH is 1. The second kappa shape index (κ2) is 8.31. The van der Waals surface area contributed by atoms with Gasteiger partial charge in [-0.15, -0.1) is 0 Å². The summed E-state index contributed by atoms with van der Waals surface area (Å²) in [5.74, 6) is 0. The van der Waals surface area contributed by atoms with Crippen LogP contribution in [0.15, 0.2) is 18.5 Å². The van der Waals surface area contributed by atoms with E-state index in [-0.39, 0.29) is 0 Å². The third-order valence-electron chi connectivity index (χ3n) is 3.26. The van der Waals surface area contributed by atoms with Crippen molar-refractivity contribution in [2.75, 3.05) is 13.7 Å². The maximum Gasteiger partial charge on any atom is 0.0431 e. The second-order valence-corrected chi connectivity index (χ2v) is 4.57. The minimum atomic E-state index is 0.327. The van der Waals surface area contributed by atoms with Gasteiger partial charge in [0, 0.05) is 31.6 Å². The lowest BCUT2D eigenvalue weighted by atomic mass is 10.1. The molecule has 1 unspecified atom stereocenters. The molecule has 0 saturated heterocycles. The maximum atomic E-state index is 8.69. The number of aryl methyl sites for hydroxylation is 1. The summed E-state index contributed by atoms with van der Waals surface area (Å²) in [6.45, 7) is 3.62. The van der Waals surface area contributed by atoms with Crippen LogP contribution in [0.3, 0.4) is 0 Å². The lowest BCUT2D eigenvalue weighted by molar-refractivity contribution is 0.282. The summed E-state index contributed by atoms with van der Waals surface area (Å²) in [5.41, 5.74) is 1.38. The van der Waals surface area contributed by atoms with Gasteiger partial charge >= 0.3 is 0 Å². The topological polar surface area (TPSA) is 37.2 Å². The van der Waals surface area contributed by atoms with Gasteiger partial charge in [-0.3, -0.25) is 0 Å². The summed E-state index contributed by atoms with van der Waals surface area (Å²) >= 11 is 0. The Hall–Kier alpha value is -0.800. The molecule has 0 spiro atoms. The lowest BCUT2D eigenvalue weighted by Gasteiger charge is -2.11. The van der Waals surface area contributed by atoms with Crippen molar-refractivity contribution in [1.29, 1.82) is 0 Å². The van der Waals surface area contributed by atoms with E-state index < -0.39 is 0 Å². The van der Waals surface area contributed by atoms with Gasteiger partial charge in [0.1, 0.15) is 0 Å². The van der Waals surface area contributed by atoms with Gasteiger partial charge in [-0.05, 0) is 37.9 Å². The molecular weight excluding hydrogens is 212 g/mol. The van der Waals surface area contributed by atoms with Crippen LogP contribution in [0.25, 0.3) is 0 Å². The summed E-state index contributed by atoms with van der Waals surface area (Å²) in [5, 5.41) is 12.0. The number of rotatable bonds is 9. The smallest absolute Gasteiger partial charge is 0.0431 e. The van der Waals surface area contributed by atoms with E-state index in [0.717, 1.165) is 25.8 Å². The molecule has 17 heavy (non-hydrogen) atoms. The monoisotopic (exact) mass is 238 g/mol. The molecule has 1 atom stereocenters. The number of unbranched alkanes of at least 4 members (excludes halogenated alkanes) is 3. The van der Waals surface area contributed by atoms with Gasteiger partial charge in [-0.2, -0.15) is 0 Å². The van der Waals surface area contributed by atoms with E-state index in [2.05, 4.69) is 35.3 Å². The van der Waals surface area contributed by atoms with Crippen molar-refractivity contribution in [3.05, 3.63) is 24.0 Å². The summed E-state index contributed by atoms with van der Waals surface area (Å²) < 4.78 is 2.27. The van der Waals surface area contributed by atoms with Gasteiger partial charge in [0.2, 0.25) is 0 Å². The molecule has 1 heterocycles. The highest BCUT2D eigenvalue weighted by Gasteiger charge is 2.07. The quantitative estimate of drug-likeness (QED) is 0.649. The van der Waals surface area contributed by atoms with Gasteiger partial charge in [0.05, 0.1) is 0 Å². The average molecular weight is 238 g/mol. The molecule has 0 bridgehead atoms. The first kappa shape index (κ1) is 14.3. The molecule has 1 aromatic heterocycles. The Morgan fingerprint density at radius 2 is 2.06 bits per heavy atom. The fraction of sp³-hybridized carbons (Fsp3) is 0.714. The van der Waals surface area contributed by atoms with Gasteiger partial charge in [0.15, 0.2) is 0 Å². The Morgan fingerprint density at radius 1 is 1.29 bits per heavy atom. The molecule has 0 aromatic carbocycles. The molecule has 2 N–H and O–H groups in total. The molecule has 0 fully saturated rings. The zero-order chi connectivity index (χ0) is 12.5. The van der Waals surface area contributed by atoms with E-state index in [4.69, 9.17) is 5.11 Å². The van der Waals surface area contributed by atoms with Crippen LogP contribution in [0.1, 0.15) is 50.6 Å². The molecule has 0 radical (unpaired) electrons. The SMILES string of the molecule is CCC(NC)c1ccn(CCCCCCO)c1. The van der Waals surface area contributed by atoms with Crippen molar-refractivity contribution < 1.29 is 5.11 Å². The third kappa shape index (κ3) is 4.92. The van der Waals surface area contributed by atoms with Crippen LogP contribution in [0.4, 0.5) is 0 Å². The van der Waals surface area contributed by atoms with Crippen LogP contribution < -0.4 is 5.32 Å². The van der Waals surface area contributed by atoms with Crippen LogP contribution in [-0.4, -0.2) is 23.3 Å². The van der Waals surface area contributed by atoms with Crippen molar-refractivity contribution in [3.63, 3.8) is 0 Å². The standard InChI is InChI=1S/C14H26N2O/c1-3-14(15-2)13-8-10-16(12-13)9-6-4-5-7-11-17/h8,10,12,14-15,17H,3-7,9,11H2,1-2H3. The Bertz CT molecular complexity index is 292. The average Bonchev–Trinajstić information content (AvgIpc) is 2.79. The van der Waals surface area contributed by atoms with Crippen molar-refractivity contribution >= 4 is 0 Å². The highest BCUT2D eigenvalue weighted by molar-refractivity contribution is 5.15. The zero-order valence-electron chi connectivity index (χ0n) is 11.2. The number of aliphatic hydroxyl groups is 1. The van der Waals surface area contributed by atoms with E-state index >= 15 is 0 Å². The Morgan fingerprint density at radius 3 is 2.71 bits per heavy atom. The highest BCUT2D eigenvalue weighted by Crippen LogP contribution is 2.16. The second-order valence-electron chi connectivity index (χ2n) is 4.57. The fourth-order valence-electron chi connectivity index (χ4n) is 2.17. The number of nitrogens with zero attached hydrogens (tertiary/aromatic N) is 1. The summed E-state index contributed by atoms with van der Waals surface area (Å²) in [6.07, 6.45) is 10.0. The molecule has 0 aliphatic rings. The van der Waals surface area contributed by atoms with Crippen LogP contribution in [0.5, 0.6) is 0 Å². The number of nitrogens with one attached hydrogen (secondary N) is 1. The Kier molecular flexibility index (Phi) is 6.97. The number of hydrogen-bond acceptors (Lipinski definition) is 2. The molecule has 0 amide bonds. The van der Waals surface area contributed by atoms with E-state index in [9.17, 15) is 0 Å². The van der Waals surface area contributed by atoms with Gasteiger partial charge < -0.3 is 15.0 Å². The lowest BCUT2D eigenvalue weighted by Crippen LogP contribution is -2.14. The van der Waals surface area contributed by atoms with Crippen molar-refractivity contribution in [2.45, 2.75) is 51.6 Å². The zero-order valence-corrected chi connectivity index (χ0v) is 11.2. The largest absolute Gasteiger partial charge is 0.396 e. The minimum absolute atomic E-state index is 0.327. The fourth-order valence-corrected chi connectivity index (χ4v) is 2.17. The minimum Gasteiger partial charge on any atom is -0.396 e. The first-order chi connectivity index (χ1) is 8.31. The Balaban J connectivity index is 2.30. The van der Waals surface area contributed by atoms with Gasteiger partial charge in [-0.25, -0.2) is 0 Å². The number of aromatic nitrogens is 1. The molecule has 0 aliphatic carbocycles. The first-order valence-electron chi connectivity index (χ1n) is 6.75. The molecule has 0 aliphatic heterocycles. The predicted octanol–water partition coefficient (Wildman–Crippen LogP) is 2.71. The predicted molar refractivity (Wildman–Crippen MR) is 72.1 cm³/mol. The molecule has 1 rings (SSSR count). The van der Waals surface area contributed by atoms with E-state index in [1.54, 1.807) is 0 Å². The first-order valence-corrected chi connectivity index (χ1v) is 6.75. The van der Waals surface area contributed by atoms with E-state index in [1.807, 2.05) is 7.05 Å².